The Bertz CT molecular complexity index is 227. The lowest BCUT2D eigenvalue weighted by Gasteiger charge is -1.94. The van der Waals surface area contributed by atoms with Gasteiger partial charge in [0.2, 0.25) is 0 Å². The van der Waals surface area contributed by atoms with Gasteiger partial charge in [-0.15, -0.1) is 24.0 Å². The van der Waals surface area contributed by atoms with Crippen molar-refractivity contribution in [2.45, 2.75) is 0 Å². The second-order valence-corrected chi connectivity index (χ2v) is 2.49. The van der Waals surface area contributed by atoms with Crippen LogP contribution < -0.4 is 5.73 Å². The highest BCUT2D eigenvalue weighted by Crippen LogP contribution is 2.23. The van der Waals surface area contributed by atoms with Gasteiger partial charge in [0, 0.05) is 5.69 Å². The summed E-state index contributed by atoms with van der Waals surface area (Å²) >= 11 is 11.2. The number of benzene rings is 1. The molecular weight excluding hydrogens is 284 g/mol. The molecule has 2 N–H and O–H groups in total. The summed E-state index contributed by atoms with van der Waals surface area (Å²) in [5.41, 5.74) is 6.01. The van der Waals surface area contributed by atoms with Gasteiger partial charge in [-0.05, 0) is 18.2 Å². The summed E-state index contributed by atoms with van der Waals surface area (Å²) in [7, 11) is 0. The van der Waals surface area contributed by atoms with Gasteiger partial charge in [-0.1, -0.05) is 23.2 Å². The second kappa shape index (κ2) is 4.26. The predicted molar refractivity (Wildman–Crippen MR) is 56.3 cm³/mol. The lowest BCUT2D eigenvalue weighted by atomic mass is 10.3. The minimum Gasteiger partial charge on any atom is -0.399 e. The van der Waals surface area contributed by atoms with Crippen molar-refractivity contribution < 1.29 is 0 Å². The highest BCUT2D eigenvalue weighted by molar-refractivity contribution is 14.0. The molecule has 1 nitrogen and oxygen atoms in total. The normalized spacial score (nSPS) is 8.60. The topological polar surface area (TPSA) is 26.0 Å². The standard InChI is InChI=1S/C6H5Cl2N.HI/c7-5-2-1-4(9)3-6(5)8;/h1-3H,9H2;1H. The Hall–Kier alpha value is 0.330. The molecule has 56 valence electrons. The maximum Gasteiger partial charge on any atom is 0.0612 e. The molecule has 0 unspecified atom stereocenters. The fourth-order valence-corrected chi connectivity index (χ4v) is 0.819. The number of rotatable bonds is 0. The molecule has 0 aliphatic heterocycles. The fraction of sp³-hybridized carbons (Fsp3) is 0. The monoisotopic (exact) mass is 289 g/mol. The first kappa shape index (κ1) is 10.3. The van der Waals surface area contributed by atoms with Crippen LogP contribution >= 0.6 is 47.2 Å². The zero-order chi connectivity index (χ0) is 6.85. The zero-order valence-electron chi connectivity index (χ0n) is 4.97. The van der Waals surface area contributed by atoms with Gasteiger partial charge in [-0.2, -0.15) is 0 Å². The van der Waals surface area contributed by atoms with Crippen LogP contribution in [0.15, 0.2) is 18.2 Å². The Morgan fingerprint density at radius 1 is 1.10 bits per heavy atom. The van der Waals surface area contributed by atoms with Crippen molar-refractivity contribution >= 4 is 52.9 Å². The first-order chi connectivity index (χ1) is 4.20. The van der Waals surface area contributed by atoms with Crippen LogP contribution in [0.1, 0.15) is 0 Å². The van der Waals surface area contributed by atoms with Crippen LogP contribution in [0.3, 0.4) is 0 Å². The van der Waals surface area contributed by atoms with E-state index in [4.69, 9.17) is 28.9 Å². The third-order valence-corrected chi connectivity index (χ3v) is 1.68. The van der Waals surface area contributed by atoms with Gasteiger partial charge in [0.05, 0.1) is 10.0 Å². The quantitative estimate of drug-likeness (QED) is 0.576. The molecule has 1 aromatic rings. The van der Waals surface area contributed by atoms with E-state index in [9.17, 15) is 0 Å². The van der Waals surface area contributed by atoms with E-state index in [1.807, 2.05) is 0 Å². The Morgan fingerprint density at radius 2 is 1.70 bits per heavy atom. The van der Waals surface area contributed by atoms with Crippen molar-refractivity contribution in [2.24, 2.45) is 0 Å². The summed E-state index contributed by atoms with van der Waals surface area (Å²) < 4.78 is 0. The van der Waals surface area contributed by atoms with Gasteiger partial charge >= 0.3 is 0 Å². The Labute approximate surface area is 86.5 Å². The smallest absolute Gasteiger partial charge is 0.0612 e. The summed E-state index contributed by atoms with van der Waals surface area (Å²) in [6.07, 6.45) is 0. The summed E-state index contributed by atoms with van der Waals surface area (Å²) in [5, 5.41) is 1.03. The number of hydrogen-bond donors (Lipinski definition) is 1. The van der Waals surface area contributed by atoms with Crippen LogP contribution in [-0.2, 0) is 0 Å². The van der Waals surface area contributed by atoms with Crippen LogP contribution in [0.25, 0.3) is 0 Å². The molecular formula is C6H6Cl2IN. The van der Waals surface area contributed by atoms with Crippen LogP contribution in [-0.4, -0.2) is 0 Å². The van der Waals surface area contributed by atoms with Gasteiger partial charge in [0.25, 0.3) is 0 Å². The van der Waals surface area contributed by atoms with Crippen LogP contribution in [0.2, 0.25) is 10.0 Å². The van der Waals surface area contributed by atoms with Crippen molar-refractivity contribution in [2.75, 3.05) is 5.73 Å². The minimum atomic E-state index is 0. The third kappa shape index (κ3) is 2.52. The van der Waals surface area contributed by atoms with Crippen molar-refractivity contribution in [3.05, 3.63) is 28.2 Å². The molecule has 10 heavy (non-hydrogen) atoms. The van der Waals surface area contributed by atoms with Crippen molar-refractivity contribution in [1.82, 2.24) is 0 Å². The molecule has 0 saturated carbocycles. The molecule has 1 rings (SSSR count). The van der Waals surface area contributed by atoms with Crippen LogP contribution in [0.5, 0.6) is 0 Å². The number of hydrogen-bond acceptors (Lipinski definition) is 1. The summed E-state index contributed by atoms with van der Waals surface area (Å²) in [6.45, 7) is 0. The molecule has 0 heterocycles. The molecule has 0 atom stereocenters. The van der Waals surface area contributed by atoms with Gasteiger partial charge in [0.1, 0.15) is 0 Å². The molecule has 0 radical (unpaired) electrons. The highest BCUT2D eigenvalue weighted by Gasteiger charge is 1.94. The lowest BCUT2D eigenvalue weighted by Crippen LogP contribution is -1.82. The van der Waals surface area contributed by atoms with Crippen molar-refractivity contribution in [1.29, 1.82) is 0 Å². The largest absolute Gasteiger partial charge is 0.399 e. The number of nitrogen functional groups attached to an aromatic ring is 1. The first-order valence-corrected chi connectivity index (χ1v) is 3.16. The first-order valence-electron chi connectivity index (χ1n) is 2.40. The van der Waals surface area contributed by atoms with Crippen LogP contribution in [0, 0.1) is 0 Å². The zero-order valence-corrected chi connectivity index (χ0v) is 8.82. The van der Waals surface area contributed by atoms with E-state index in [2.05, 4.69) is 0 Å². The minimum absolute atomic E-state index is 0. The third-order valence-electron chi connectivity index (χ3n) is 0.944. The van der Waals surface area contributed by atoms with Gasteiger partial charge < -0.3 is 5.73 Å². The van der Waals surface area contributed by atoms with Crippen molar-refractivity contribution in [3.8, 4) is 0 Å². The molecule has 0 spiro atoms. The Morgan fingerprint density at radius 3 is 2.10 bits per heavy atom. The number of nitrogens with two attached hydrogens (primary N) is 1. The highest BCUT2D eigenvalue weighted by atomic mass is 127. The Balaban J connectivity index is 0.000000810. The SMILES string of the molecule is I.Nc1ccc(Cl)c(Cl)c1. The van der Waals surface area contributed by atoms with Crippen LogP contribution in [0.4, 0.5) is 5.69 Å². The molecule has 1 aromatic carbocycles. The van der Waals surface area contributed by atoms with Gasteiger partial charge in [-0.25, -0.2) is 0 Å². The lowest BCUT2D eigenvalue weighted by molar-refractivity contribution is 1.68. The summed E-state index contributed by atoms with van der Waals surface area (Å²) in [6, 6.07) is 4.98. The van der Waals surface area contributed by atoms with Crippen molar-refractivity contribution in [3.63, 3.8) is 0 Å². The fourth-order valence-electron chi connectivity index (χ4n) is 0.512. The van der Waals surface area contributed by atoms with E-state index >= 15 is 0 Å². The average Bonchev–Trinajstić information content (AvgIpc) is 1.80. The van der Waals surface area contributed by atoms with E-state index in [0.717, 1.165) is 0 Å². The number of anilines is 1. The molecule has 0 amide bonds. The Kier molecular flexibility index (Phi) is 4.40. The van der Waals surface area contributed by atoms with E-state index in [0.29, 0.717) is 15.7 Å². The molecule has 0 aliphatic carbocycles. The van der Waals surface area contributed by atoms with E-state index in [1.165, 1.54) is 0 Å². The van der Waals surface area contributed by atoms with Gasteiger partial charge in [0.15, 0.2) is 0 Å². The average molecular weight is 290 g/mol. The molecule has 0 saturated heterocycles. The second-order valence-electron chi connectivity index (χ2n) is 1.67. The molecule has 0 aliphatic rings. The van der Waals surface area contributed by atoms with E-state index < -0.39 is 0 Å². The summed E-state index contributed by atoms with van der Waals surface area (Å²) in [4.78, 5) is 0. The molecule has 0 aromatic heterocycles. The predicted octanol–water partition coefficient (Wildman–Crippen LogP) is 3.19. The molecule has 0 bridgehead atoms. The van der Waals surface area contributed by atoms with E-state index in [-0.39, 0.29) is 24.0 Å². The number of halogens is 3. The summed E-state index contributed by atoms with van der Waals surface area (Å²) in [5.74, 6) is 0. The molecule has 0 fully saturated rings. The maximum absolute atomic E-state index is 5.60. The van der Waals surface area contributed by atoms with E-state index in [1.54, 1.807) is 18.2 Å². The van der Waals surface area contributed by atoms with Gasteiger partial charge in [-0.3, -0.25) is 0 Å². The maximum atomic E-state index is 5.60. The molecule has 4 heteroatoms.